The SMILES string of the molecule is CCCCn1c(SCC(=O)N[C@@H]2CCCc3ccccc32)nnc1[C@@H](CC)[NH+](C)C. The van der Waals surface area contributed by atoms with Crippen molar-refractivity contribution in [2.75, 3.05) is 19.8 Å². The third-order valence-corrected chi connectivity index (χ3v) is 6.90. The summed E-state index contributed by atoms with van der Waals surface area (Å²) < 4.78 is 2.23. The number of quaternary nitrogens is 1. The summed E-state index contributed by atoms with van der Waals surface area (Å²) in [4.78, 5) is 14.1. The van der Waals surface area contributed by atoms with Crippen molar-refractivity contribution in [1.29, 1.82) is 0 Å². The molecule has 30 heavy (non-hydrogen) atoms. The van der Waals surface area contributed by atoms with Crippen molar-refractivity contribution in [3.63, 3.8) is 0 Å². The molecule has 2 atom stereocenters. The maximum Gasteiger partial charge on any atom is 0.230 e. The van der Waals surface area contributed by atoms with E-state index in [1.54, 1.807) is 0 Å². The molecule has 1 aliphatic rings. The van der Waals surface area contributed by atoms with Crippen LogP contribution in [0.25, 0.3) is 0 Å². The summed E-state index contributed by atoms with van der Waals surface area (Å²) in [6.07, 6.45) is 6.45. The van der Waals surface area contributed by atoms with Gasteiger partial charge in [-0.15, -0.1) is 10.2 Å². The fourth-order valence-corrected chi connectivity index (χ4v) is 5.09. The molecule has 0 spiro atoms. The van der Waals surface area contributed by atoms with Crippen molar-refractivity contribution in [2.24, 2.45) is 0 Å². The second kappa shape index (κ2) is 11.0. The second-order valence-corrected chi connectivity index (χ2v) is 9.33. The number of benzene rings is 1. The largest absolute Gasteiger partial charge is 0.349 e. The topological polar surface area (TPSA) is 64.2 Å². The van der Waals surface area contributed by atoms with Gasteiger partial charge in [-0.1, -0.05) is 56.3 Å². The number of rotatable bonds is 10. The molecular formula is C23H36N5OS+. The maximum absolute atomic E-state index is 12.7. The quantitative estimate of drug-likeness (QED) is 0.569. The summed E-state index contributed by atoms with van der Waals surface area (Å²) in [5, 5.41) is 13.1. The molecule has 164 valence electrons. The molecule has 0 saturated heterocycles. The van der Waals surface area contributed by atoms with E-state index in [2.05, 4.69) is 72.3 Å². The van der Waals surface area contributed by atoms with Crippen LogP contribution >= 0.6 is 11.8 Å². The predicted molar refractivity (Wildman–Crippen MR) is 122 cm³/mol. The highest BCUT2D eigenvalue weighted by atomic mass is 32.2. The van der Waals surface area contributed by atoms with Crippen LogP contribution in [0.15, 0.2) is 29.4 Å². The lowest BCUT2D eigenvalue weighted by atomic mass is 9.88. The molecule has 2 N–H and O–H groups in total. The van der Waals surface area contributed by atoms with Crippen LogP contribution in [0.4, 0.5) is 0 Å². The average molecular weight is 431 g/mol. The molecule has 1 aromatic heterocycles. The molecule has 3 rings (SSSR count). The molecular weight excluding hydrogens is 394 g/mol. The summed E-state index contributed by atoms with van der Waals surface area (Å²) >= 11 is 1.50. The Morgan fingerprint density at radius 2 is 2.10 bits per heavy atom. The lowest BCUT2D eigenvalue weighted by Crippen LogP contribution is -3.06. The Labute approximate surface area is 184 Å². The summed E-state index contributed by atoms with van der Waals surface area (Å²) in [6.45, 7) is 5.29. The molecule has 1 amide bonds. The Morgan fingerprint density at radius 3 is 2.83 bits per heavy atom. The minimum Gasteiger partial charge on any atom is -0.349 e. The zero-order valence-electron chi connectivity index (χ0n) is 18.8. The van der Waals surface area contributed by atoms with Gasteiger partial charge < -0.3 is 14.8 Å². The van der Waals surface area contributed by atoms with E-state index < -0.39 is 0 Å². The highest BCUT2D eigenvalue weighted by Gasteiger charge is 2.26. The molecule has 0 saturated carbocycles. The Kier molecular flexibility index (Phi) is 8.33. The lowest BCUT2D eigenvalue weighted by molar-refractivity contribution is -0.893. The standard InChI is InChI=1S/C23H35N5OS/c1-5-7-15-28-22(20(6-2)27(3)4)25-26-23(28)30-16-21(29)24-19-14-10-12-17-11-8-9-13-18(17)19/h8-9,11,13,19-20H,5-7,10,12,14-16H2,1-4H3,(H,24,29)/p+1/t19-,20-/m1/s1. The van der Waals surface area contributed by atoms with E-state index in [-0.39, 0.29) is 11.9 Å². The monoisotopic (exact) mass is 430 g/mol. The number of fused-ring (bicyclic) bond motifs is 1. The van der Waals surface area contributed by atoms with Crippen molar-refractivity contribution in [3.8, 4) is 0 Å². The van der Waals surface area contributed by atoms with Crippen LogP contribution in [0.1, 0.15) is 75.0 Å². The number of aryl methyl sites for hydroxylation is 1. The number of carbonyl (C=O) groups is 1. The molecule has 6 nitrogen and oxygen atoms in total. The van der Waals surface area contributed by atoms with Crippen molar-refractivity contribution in [2.45, 2.75) is 76.2 Å². The minimum atomic E-state index is 0.0681. The molecule has 0 fully saturated rings. The van der Waals surface area contributed by atoms with Crippen LogP contribution < -0.4 is 10.2 Å². The van der Waals surface area contributed by atoms with Gasteiger partial charge in [0.25, 0.3) is 0 Å². The number of unbranched alkanes of at least 4 members (excludes halogenated alkanes) is 1. The highest BCUT2D eigenvalue weighted by Crippen LogP contribution is 2.29. The molecule has 2 aromatic rings. The normalized spacial score (nSPS) is 17.0. The van der Waals surface area contributed by atoms with Crippen molar-refractivity contribution < 1.29 is 9.69 Å². The minimum absolute atomic E-state index is 0.0681. The Bertz CT molecular complexity index is 835. The smallest absolute Gasteiger partial charge is 0.230 e. The van der Waals surface area contributed by atoms with Gasteiger partial charge in [0.05, 0.1) is 25.9 Å². The average Bonchev–Trinajstić information content (AvgIpc) is 3.13. The first-order valence-corrected chi connectivity index (χ1v) is 12.3. The number of nitrogens with one attached hydrogen (secondary N) is 2. The molecule has 1 heterocycles. The van der Waals surface area contributed by atoms with Crippen LogP contribution in [0.5, 0.6) is 0 Å². The fraction of sp³-hybridized carbons (Fsp3) is 0.609. The Balaban J connectivity index is 1.66. The Morgan fingerprint density at radius 1 is 1.30 bits per heavy atom. The number of thioether (sulfide) groups is 1. The van der Waals surface area contributed by atoms with Gasteiger partial charge in [-0.25, -0.2) is 0 Å². The van der Waals surface area contributed by atoms with Crippen molar-refractivity contribution in [1.82, 2.24) is 20.1 Å². The van der Waals surface area contributed by atoms with Gasteiger partial charge in [0.2, 0.25) is 5.91 Å². The van der Waals surface area contributed by atoms with Gasteiger partial charge in [0.1, 0.15) is 6.04 Å². The fourth-order valence-electron chi connectivity index (χ4n) is 4.31. The van der Waals surface area contributed by atoms with Crippen LogP contribution in [0.2, 0.25) is 0 Å². The summed E-state index contributed by atoms with van der Waals surface area (Å²) in [5.74, 6) is 1.47. The van der Waals surface area contributed by atoms with Crippen molar-refractivity contribution >= 4 is 17.7 Å². The zero-order valence-corrected chi connectivity index (χ0v) is 19.6. The maximum atomic E-state index is 12.7. The molecule has 0 unspecified atom stereocenters. The summed E-state index contributed by atoms with van der Waals surface area (Å²) in [7, 11) is 4.32. The van der Waals surface area contributed by atoms with Crippen LogP contribution in [-0.2, 0) is 17.8 Å². The van der Waals surface area contributed by atoms with Crippen LogP contribution in [-0.4, -0.2) is 40.5 Å². The van der Waals surface area contributed by atoms with E-state index in [4.69, 9.17) is 0 Å². The van der Waals surface area contributed by atoms with E-state index in [0.717, 1.165) is 56.1 Å². The van der Waals surface area contributed by atoms with E-state index in [0.29, 0.717) is 11.8 Å². The third kappa shape index (κ3) is 5.43. The highest BCUT2D eigenvalue weighted by molar-refractivity contribution is 7.99. The molecule has 7 heteroatoms. The number of amides is 1. The Hall–Kier alpha value is -1.86. The molecule has 0 aliphatic heterocycles. The van der Waals surface area contributed by atoms with Gasteiger partial charge in [0, 0.05) is 13.0 Å². The van der Waals surface area contributed by atoms with E-state index in [1.807, 2.05) is 0 Å². The first-order valence-electron chi connectivity index (χ1n) is 11.3. The first kappa shape index (κ1) is 22.8. The van der Waals surface area contributed by atoms with E-state index in [1.165, 1.54) is 27.8 Å². The molecule has 1 aromatic carbocycles. The van der Waals surface area contributed by atoms with Gasteiger partial charge in [0.15, 0.2) is 11.0 Å². The summed E-state index contributed by atoms with van der Waals surface area (Å²) in [6, 6.07) is 8.91. The lowest BCUT2D eigenvalue weighted by Gasteiger charge is -2.26. The number of hydrogen-bond donors (Lipinski definition) is 2. The van der Waals surface area contributed by atoms with Crippen molar-refractivity contribution in [3.05, 3.63) is 41.2 Å². The van der Waals surface area contributed by atoms with Gasteiger partial charge in [-0.2, -0.15) is 0 Å². The number of hydrogen-bond acceptors (Lipinski definition) is 4. The van der Waals surface area contributed by atoms with Crippen LogP contribution in [0, 0.1) is 0 Å². The second-order valence-electron chi connectivity index (χ2n) is 8.38. The van der Waals surface area contributed by atoms with Gasteiger partial charge in [-0.05, 0) is 36.8 Å². The molecule has 1 aliphatic carbocycles. The zero-order chi connectivity index (χ0) is 21.5. The van der Waals surface area contributed by atoms with E-state index >= 15 is 0 Å². The predicted octanol–water partition coefficient (Wildman–Crippen LogP) is 2.96. The third-order valence-electron chi connectivity index (χ3n) is 5.93. The van der Waals surface area contributed by atoms with Gasteiger partial charge >= 0.3 is 0 Å². The summed E-state index contributed by atoms with van der Waals surface area (Å²) in [5.41, 5.74) is 2.64. The van der Waals surface area contributed by atoms with E-state index in [9.17, 15) is 4.79 Å². The first-order chi connectivity index (χ1) is 14.5. The number of carbonyl (C=O) groups excluding carboxylic acids is 1. The molecule has 0 radical (unpaired) electrons. The van der Waals surface area contributed by atoms with Crippen LogP contribution in [0.3, 0.4) is 0 Å². The number of aromatic nitrogens is 3. The van der Waals surface area contributed by atoms with Gasteiger partial charge in [-0.3, -0.25) is 4.79 Å². The number of nitrogens with zero attached hydrogens (tertiary/aromatic N) is 3. The molecule has 0 bridgehead atoms.